The van der Waals surface area contributed by atoms with Gasteiger partial charge in [0, 0.05) is 23.8 Å². The zero-order valence-electron chi connectivity index (χ0n) is 11.1. The molecule has 0 aliphatic heterocycles. The van der Waals surface area contributed by atoms with Crippen LogP contribution in [0.2, 0.25) is 0 Å². The molecule has 0 aliphatic rings. The van der Waals surface area contributed by atoms with Gasteiger partial charge in [0.15, 0.2) is 5.76 Å². The number of aromatic nitrogens is 1. The van der Waals surface area contributed by atoms with Crippen LogP contribution in [0.25, 0.3) is 22.4 Å². The molecular weight excluding hydrogens is 236 g/mol. The van der Waals surface area contributed by atoms with Crippen molar-refractivity contribution in [2.24, 2.45) is 0 Å². The van der Waals surface area contributed by atoms with Crippen LogP contribution < -0.4 is 5.32 Å². The normalized spacial score (nSPS) is 10.8. The molecule has 2 heterocycles. The number of nitrogens with one attached hydrogen (secondary N) is 1. The number of furan rings is 1. The molecule has 0 aliphatic carbocycles. The minimum absolute atomic E-state index is 0.806. The number of aryl methyl sites for hydroxylation is 1. The maximum absolute atomic E-state index is 5.85. The average Bonchev–Trinajstić information content (AvgIpc) is 2.82. The topological polar surface area (TPSA) is 38.1 Å². The van der Waals surface area contributed by atoms with Crippen molar-refractivity contribution in [2.45, 2.75) is 13.8 Å². The molecule has 1 aromatic carbocycles. The number of hydrogen-bond donors (Lipinski definition) is 1. The second kappa shape index (κ2) is 4.76. The Morgan fingerprint density at radius 3 is 2.89 bits per heavy atom. The van der Waals surface area contributed by atoms with E-state index >= 15 is 0 Å². The Hall–Kier alpha value is -2.29. The lowest BCUT2D eigenvalue weighted by Crippen LogP contribution is -1.96. The molecule has 3 rings (SSSR count). The summed E-state index contributed by atoms with van der Waals surface area (Å²) in [5, 5.41) is 4.40. The van der Waals surface area contributed by atoms with Crippen LogP contribution in [-0.4, -0.2) is 11.5 Å². The molecule has 3 aromatic rings. The minimum atomic E-state index is 0.806. The smallest absolute Gasteiger partial charge is 0.153 e. The van der Waals surface area contributed by atoms with Gasteiger partial charge in [-0.1, -0.05) is 11.6 Å². The molecule has 0 radical (unpaired) electrons. The zero-order chi connectivity index (χ0) is 13.2. The average molecular weight is 252 g/mol. The van der Waals surface area contributed by atoms with E-state index in [9.17, 15) is 0 Å². The van der Waals surface area contributed by atoms with E-state index in [0.29, 0.717) is 0 Å². The fourth-order valence-electron chi connectivity index (χ4n) is 2.17. The number of benzene rings is 1. The molecule has 0 saturated heterocycles. The lowest BCUT2D eigenvalue weighted by atomic mass is 10.2. The highest BCUT2D eigenvalue weighted by atomic mass is 16.3. The first-order chi connectivity index (χ1) is 9.26. The highest BCUT2D eigenvalue weighted by Gasteiger charge is 2.08. The predicted molar refractivity (Wildman–Crippen MR) is 78.3 cm³/mol. The van der Waals surface area contributed by atoms with E-state index in [2.05, 4.69) is 36.3 Å². The van der Waals surface area contributed by atoms with E-state index in [-0.39, 0.29) is 0 Å². The van der Waals surface area contributed by atoms with Crippen molar-refractivity contribution >= 4 is 16.7 Å². The van der Waals surface area contributed by atoms with E-state index in [1.54, 1.807) is 6.20 Å². The highest BCUT2D eigenvalue weighted by molar-refractivity contribution is 5.83. The maximum atomic E-state index is 5.85. The second-order valence-corrected chi connectivity index (χ2v) is 4.61. The summed E-state index contributed by atoms with van der Waals surface area (Å²) in [5.74, 6) is 0.806. The van der Waals surface area contributed by atoms with Crippen molar-refractivity contribution < 1.29 is 4.42 Å². The first kappa shape index (κ1) is 11.8. The van der Waals surface area contributed by atoms with Crippen LogP contribution in [0.15, 0.2) is 47.0 Å². The SMILES string of the molecule is CCNc1ccnc(-c2cc3cc(C)ccc3o2)c1. The molecule has 19 heavy (non-hydrogen) atoms. The van der Waals surface area contributed by atoms with Crippen molar-refractivity contribution in [1.29, 1.82) is 0 Å². The molecule has 0 amide bonds. The quantitative estimate of drug-likeness (QED) is 0.757. The summed E-state index contributed by atoms with van der Waals surface area (Å²) in [6.45, 7) is 5.04. The Bertz CT molecular complexity index is 716. The predicted octanol–water partition coefficient (Wildman–Crippen LogP) is 4.24. The Morgan fingerprint density at radius 1 is 1.16 bits per heavy atom. The number of anilines is 1. The second-order valence-electron chi connectivity index (χ2n) is 4.61. The van der Waals surface area contributed by atoms with Gasteiger partial charge in [-0.15, -0.1) is 0 Å². The highest BCUT2D eigenvalue weighted by Crippen LogP contribution is 2.28. The lowest BCUT2D eigenvalue weighted by Gasteiger charge is -2.03. The van der Waals surface area contributed by atoms with Crippen LogP contribution in [0.3, 0.4) is 0 Å². The minimum Gasteiger partial charge on any atom is -0.454 e. The Morgan fingerprint density at radius 2 is 2.05 bits per heavy atom. The lowest BCUT2D eigenvalue weighted by molar-refractivity contribution is 0.628. The van der Waals surface area contributed by atoms with Crippen LogP contribution >= 0.6 is 0 Å². The molecule has 0 spiro atoms. The third kappa shape index (κ3) is 2.32. The summed E-state index contributed by atoms with van der Waals surface area (Å²) in [7, 11) is 0. The van der Waals surface area contributed by atoms with Crippen molar-refractivity contribution in [2.75, 3.05) is 11.9 Å². The molecule has 0 fully saturated rings. The number of fused-ring (bicyclic) bond motifs is 1. The van der Waals surface area contributed by atoms with E-state index < -0.39 is 0 Å². The fourth-order valence-corrected chi connectivity index (χ4v) is 2.17. The molecule has 0 bridgehead atoms. The fraction of sp³-hybridized carbons (Fsp3) is 0.188. The molecular formula is C16H16N2O. The first-order valence-corrected chi connectivity index (χ1v) is 6.47. The van der Waals surface area contributed by atoms with Crippen LogP contribution in [0.5, 0.6) is 0 Å². The van der Waals surface area contributed by atoms with E-state index in [4.69, 9.17) is 4.42 Å². The molecule has 0 unspecified atom stereocenters. The molecule has 2 aromatic heterocycles. The van der Waals surface area contributed by atoms with Crippen molar-refractivity contribution in [3.8, 4) is 11.5 Å². The van der Waals surface area contributed by atoms with Crippen LogP contribution in [0, 0.1) is 6.92 Å². The Labute approximate surface area is 112 Å². The third-order valence-corrected chi connectivity index (χ3v) is 3.07. The van der Waals surface area contributed by atoms with Crippen LogP contribution in [0.1, 0.15) is 12.5 Å². The summed E-state index contributed by atoms with van der Waals surface area (Å²) < 4.78 is 5.85. The van der Waals surface area contributed by atoms with E-state index in [1.807, 2.05) is 24.3 Å². The molecule has 0 atom stereocenters. The Balaban J connectivity index is 2.05. The van der Waals surface area contributed by atoms with Crippen molar-refractivity contribution in [3.05, 3.63) is 48.2 Å². The summed E-state index contributed by atoms with van der Waals surface area (Å²) in [6, 6.07) is 12.2. The largest absolute Gasteiger partial charge is 0.454 e. The number of pyridine rings is 1. The zero-order valence-corrected chi connectivity index (χ0v) is 11.1. The number of rotatable bonds is 3. The van der Waals surface area contributed by atoms with Gasteiger partial charge in [0.2, 0.25) is 0 Å². The van der Waals surface area contributed by atoms with Gasteiger partial charge in [0.1, 0.15) is 11.3 Å². The van der Waals surface area contributed by atoms with Gasteiger partial charge in [-0.3, -0.25) is 4.98 Å². The van der Waals surface area contributed by atoms with Crippen molar-refractivity contribution in [3.63, 3.8) is 0 Å². The van der Waals surface area contributed by atoms with Gasteiger partial charge in [-0.05, 0) is 44.2 Å². The van der Waals surface area contributed by atoms with Crippen molar-refractivity contribution in [1.82, 2.24) is 4.98 Å². The maximum Gasteiger partial charge on any atom is 0.153 e. The molecule has 3 heteroatoms. The monoisotopic (exact) mass is 252 g/mol. The molecule has 96 valence electrons. The molecule has 1 N–H and O–H groups in total. The first-order valence-electron chi connectivity index (χ1n) is 6.47. The molecule has 3 nitrogen and oxygen atoms in total. The van der Waals surface area contributed by atoms with Gasteiger partial charge in [-0.25, -0.2) is 0 Å². The Kier molecular flexibility index (Phi) is 2.95. The van der Waals surface area contributed by atoms with Gasteiger partial charge < -0.3 is 9.73 Å². The van der Waals surface area contributed by atoms with E-state index in [0.717, 1.165) is 34.7 Å². The standard InChI is InChI=1S/C16H16N2O/c1-3-17-13-6-7-18-14(10-13)16-9-12-8-11(2)4-5-15(12)19-16/h4-10H,3H2,1-2H3,(H,17,18). The summed E-state index contributed by atoms with van der Waals surface area (Å²) in [6.07, 6.45) is 1.80. The van der Waals surface area contributed by atoms with Gasteiger partial charge in [0.05, 0.1) is 0 Å². The van der Waals surface area contributed by atoms with Gasteiger partial charge >= 0.3 is 0 Å². The number of hydrogen-bond acceptors (Lipinski definition) is 3. The molecule has 0 saturated carbocycles. The van der Waals surface area contributed by atoms with Crippen LogP contribution in [-0.2, 0) is 0 Å². The summed E-state index contributed by atoms with van der Waals surface area (Å²) in [4.78, 5) is 4.38. The van der Waals surface area contributed by atoms with Gasteiger partial charge in [0.25, 0.3) is 0 Å². The number of nitrogens with zero attached hydrogens (tertiary/aromatic N) is 1. The summed E-state index contributed by atoms with van der Waals surface area (Å²) >= 11 is 0. The third-order valence-electron chi connectivity index (χ3n) is 3.07. The van der Waals surface area contributed by atoms with E-state index in [1.165, 1.54) is 5.56 Å². The van der Waals surface area contributed by atoms with Gasteiger partial charge in [-0.2, -0.15) is 0 Å². The summed E-state index contributed by atoms with van der Waals surface area (Å²) in [5.41, 5.74) is 4.04. The van der Waals surface area contributed by atoms with Crippen LogP contribution in [0.4, 0.5) is 5.69 Å².